The number of nitrogens with zero attached hydrogens (tertiary/aromatic N) is 1. The van der Waals surface area contributed by atoms with Gasteiger partial charge in [-0.05, 0) is 45.3 Å². The minimum absolute atomic E-state index is 0.0668. The van der Waals surface area contributed by atoms with Crippen LogP contribution in [0, 0.1) is 5.82 Å². The zero-order valence-corrected chi connectivity index (χ0v) is 14.6. The highest BCUT2D eigenvalue weighted by molar-refractivity contribution is 6.62. The van der Waals surface area contributed by atoms with Crippen LogP contribution in [-0.4, -0.2) is 55.4 Å². The number of halogens is 1. The van der Waals surface area contributed by atoms with Gasteiger partial charge in [0, 0.05) is 13.1 Å². The fourth-order valence-corrected chi connectivity index (χ4v) is 2.77. The number of carbonyl (C=O) groups excluding carboxylic acids is 1. The van der Waals surface area contributed by atoms with Crippen LogP contribution in [0.15, 0.2) is 18.2 Å². The van der Waals surface area contributed by atoms with Crippen molar-refractivity contribution >= 4 is 18.5 Å². The Morgan fingerprint density at radius 1 is 1.12 bits per heavy atom. The quantitative estimate of drug-likeness (QED) is 0.771. The van der Waals surface area contributed by atoms with E-state index in [1.807, 2.05) is 27.7 Å². The van der Waals surface area contributed by atoms with Gasteiger partial charge in [0.25, 0.3) is 5.91 Å². The fourth-order valence-electron chi connectivity index (χ4n) is 2.77. The molecule has 2 aliphatic rings. The summed E-state index contributed by atoms with van der Waals surface area (Å²) in [5, 5.41) is 0. The maximum absolute atomic E-state index is 14.5. The van der Waals surface area contributed by atoms with E-state index in [0.29, 0.717) is 31.8 Å². The van der Waals surface area contributed by atoms with Crippen LogP contribution >= 0.6 is 0 Å². The summed E-state index contributed by atoms with van der Waals surface area (Å²) in [5.41, 5.74) is -0.339. The molecule has 130 valence electrons. The number of amides is 1. The molecule has 3 rings (SSSR count). The Morgan fingerprint density at radius 2 is 1.71 bits per heavy atom. The molecule has 2 aliphatic heterocycles. The summed E-state index contributed by atoms with van der Waals surface area (Å²) in [5.74, 6) is -0.866. The molecular formula is C17H23BFNO4. The van der Waals surface area contributed by atoms with E-state index in [0.717, 1.165) is 0 Å². The summed E-state index contributed by atoms with van der Waals surface area (Å²) in [6.45, 7) is 9.71. The first-order chi connectivity index (χ1) is 11.2. The van der Waals surface area contributed by atoms with Crippen molar-refractivity contribution in [3.8, 4) is 0 Å². The van der Waals surface area contributed by atoms with Gasteiger partial charge in [-0.15, -0.1) is 0 Å². The Labute approximate surface area is 142 Å². The first-order valence-corrected chi connectivity index (χ1v) is 8.23. The third-order valence-electron chi connectivity index (χ3n) is 5.05. The smallest absolute Gasteiger partial charge is 0.399 e. The lowest BCUT2D eigenvalue weighted by Crippen LogP contribution is -2.41. The van der Waals surface area contributed by atoms with Gasteiger partial charge < -0.3 is 18.9 Å². The number of carbonyl (C=O) groups is 1. The molecule has 1 amide bonds. The third-order valence-corrected chi connectivity index (χ3v) is 5.05. The third kappa shape index (κ3) is 3.08. The van der Waals surface area contributed by atoms with E-state index in [4.69, 9.17) is 14.0 Å². The maximum atomic E-state index is 14.5. The highest BCUT2D eigenvalue weighted by atomic mass is 19.1. The molecule has 0 bridgehead atoms. The molecular weight excluding hydrogens is 312 g/mol. The lowest BCUT2D eigenvalue weighted by Gasteiger charge is -2.32. The molecule has 2 fully saturated rings. The summed E-state index contributed by atoms with van der Waals surface area (Å²) in [6, 6.07) is 4.53. The lowest BCUT2D eigenvalue weighted by molar-refractivity contribution is 0.00578. The Balaban J connectivity index is 1.79. The van der Waals surface area contributed by atoms with Crippen LogP contribution in [0.4, 0.5) is 4.39 Å². The molecule has 0 atom stereocenters. The Kier molecular flexibility index (Phi) is 4.44. The summed E-state index contributed by atoms with van der Waals surface area (Å²) in [4.78, 5) is 14.0. The first-order valence-electron chi connectivity index (χ1n) is 8.23. The highest BCUT2D eigenvalue weighted by Gasteiger charge is 2.51. The van der Waals surface area contributed by atoms with Crippen molar-refractivity contribution < 1.29 is 23.2 Å². The number of ether oxygens (including phenoxy) is 1. The fraction of sp³-hybridized carbons (Fsp3) is 0.588. The molecule has 0 aliphatic carbocycles. The van der Waals surface area contributed by atoms with Gasteiger partial charge in [0.2, 0.25) is 0 Å². The summed E-state index contributed by atoms with van der Waals surface area (Å²) < 4.78 is 31.6. The summed E-state index contributed by atoms with van der Waals surface area (Å²) in [6.07, 6.45) is 0. The van der Waals surface area contributed by atoms with E-state index in [9.17, 15) is 9.18 Å². The summed E-state index contributed by atoms with van der Waals surface area (Å²) in [7, 11) is -0.642. The Morgan fingerprint density at radius 3 is 2.25 bits per heavy atom. The number of morpholine rings is 1. The molecule has 7 heteroatoms. The highest BCUT2D eigenvalue weighted by Crippen LogP contribution is 2.36. The number of hydrogen-bond acceptors (Lipinski definition) is 4. The monoisotopic (exact) mass is 335 g/mol. The normalized spacial score (nSPS) is 22.7. The van der Waals surface area contributed by atoms with E-state index >= 15 is 0 Å². The average Bonchev–Trinajstić information content (AvgIpc) is 2.75. The second-order valence-electron chi connectivity index (χ2n) is 7.23. The average molecular weight is 335 g/mol. The van der Waals surface area contributed by atoms with Crippen LogP contribution in [-0.2, 0) is 14.0 Å². The standard InChI is InChI=1S/C17H23BFNO4/c1-16(2)17(3,4)24-18(23-16)12-5-6-13(14(19)11-12)15(21)20-7-9-22-10-8-20/h5-6,11H,7-10H2,1-4H3. The second-order valence-corrected chi connectivity index (χ2v) is 7.23. The predicted molar refractivity (Wildman–Crippen MR) is 88.8 cm³/mol. The lowest BCUT2D eigenvalue weighted by atomic mass is 9.78. The van der Waals surface area contributed by atoms with Crippen molar-refractivity contribution in [1.29, 1.82) is 0 Å². The van der Waals surface area contributed by atoms with E-state index in [2.05, 4.69) is 0 Å². The van der Waals surface area contributed by atoms with Gasteiger partial charge in [0.05, 0.1) is 30.0 Å². The van der Waals surface area contributed by atoms with E-state index in [1.54, 1.807) is 11.0 Å². The molecule has 0 spiro atoms. The molecule has 24 heavy (non-hydrogen) atoms. The van der Waals surface area contributed by atoms with Gasteiger partial charge in [-0.1, -0.05) is 6.07 Å². The van der Waals surface area contributed by atoms with Crippen molar-refractivity contribution in [2.24, 2.45) is 0 Å². The summed E-state index contributed by atoms with van der Waals surface area (Å²) >= 11 is 0. The maximum Gasteiger partial charge on any atom is 0.494 e. The van der Waals surface area contributed by atoms with Crippen LogP contribution in [0.2, 0.25) is 0 Å². The molecule has 2 heterocycles. The SMILES string of the molecule is CC1(C)OB(c2ccc(C(=O)N3CCOCC3)c(F)c2)OC1(C)C. The molecule has 0 saturated carbocycles. The zero-order valence-electron chi connectivity index (χ0n) is 14.6. The van der Waals surface area contributed by atoms with Crippen molar-refractivity contribution in [3.63, 3.8) is 0 Å². The molecule has 1 aromatic carbocycles. The van der Waals surface area contributed by atoms with Crippen LogP contribution in [0.5, 0.6) is 0 Å². The van der Waals surface area contributed by atoms with Crippen LogP contribution in [0.1, 0.15) is 38.1 Å². The Hall–Kier alpha value is -1.44. The van der Waals surface area contributed by atoms with Gasteiger partial charge in [0.1, 0.15) is 5.82 Å². The minimum atomic E-state index is -0.642. The molecule has 2 saturated heterocycles. The largest absolute Gasteiger partial charge is 0.494 e. The topological polar surface area (TPSA) is 48.0 Å². The molecule has 5 nitrogen and oxygen atoms in total. The number of benzene rings is 1. The van der Waals surface area contributed by atoms with Gasteiger partial charge in [-0.2, -0.15) is 0 Å². The van der Waals surface area contributed by atoms with Gasteiger partial charge in [0.15, 0.2) is 0 Å². The van der Waals surface area contributed by atoms with Crippen LogP contribution in [0.25, 0.3) is 0 Å². The van der Waals surface area contributed by atoms with Gasteiger partial charge in [-0.3, -0.25) is 4.79 Å². The van der Waals surface area contributed by atoms with Crippen molar-refractivity contribution in [2.75, 3.05) is 26.3 Å². The minimum Gasteiger partial charge on any atom is -0.399 e. The molecule has 0 radical (unpaired) electrons. The number of hydrogen-bond donors (Lipinski definition) is 0. The Bertz CT molecular complexity index is 627. The van der Waals surface area contributed by atoms with Gasteiger partial charge >= 0.3 is 7.12 Å². The zero-order chi connectivity index (χ0) is 17.5. The van der Waals surface area contributed by atoms with E-state index in [-0.39, 0.29) is 11.5 Å². The van der Waals surface area contributed by atoms with Crippen LogP contribution < -0.4 is 5.46 Å². The van der Waals surface area contributed by atoms with E-state index in [1.165, 1.54) is 12.1 Å². The van der Waals surface area contributed by atoms with Crippen molar-refractivity contribution in [3.05, 3.63) is 29.6 Å². The number of rotatable bonds is 2. The molecule has 0 unspecified atom stereocenters. The van der Waals surface area contributed by atoms with Crippen molar-refractivity contribution in [2.45, 2.75) is 38.9 Å². The molecule has 1 aromatic rings. The van der Waals surface area contributed by atoms with Gasteiger partial charge in [-0.25, -0.2) is 4.39 Å². The molecule has 0 aromatic heterocycles. The van der Waals surface area contributed by atoms with Crippen molar-refractivity contribution in [1.82, 2.24) is 4.90 Å². The predicted octanol–water partition coefficient (Wildman–Crippen LogP) is 1.60. The van der Waals surface area contributed by atoms with E-state index < -0.39 is 24.1 Å². The second kappa shape index (κ2) is 6.13. The first kappa shape index (κ1) is 17.4. The van der Waals surface area contributed by atoms with Crippen LogP contribution in [0.3, 0.4) is 0 Å². The molecule has 0 N–H and O–H groups in total.